The predicted molar refractivity (Wildman–Crippen MR) is 147 cm³/mol. The molecule has 2 atom stereocenters. The highest BCUT2D eigenvalue weighted by atomic mass is 32.2. The van der Waals surface area contributed by atoms with Gasteiger partial charge in [-0.25, -0.2) is 13.9 Å². The lowest BCUT2D eigenvalue weighted by Crippen LogP contribution is -2.54. The first-order chi connectivity index (χ1) is 18.0. The number of likely N-dealkylation sites (tertiary alicyclic amines) is 1. The normalized spacial score (nSPS) is 26.3. The summed E-state index contributed by atoms with van der Waals surface area (Å²) in [7, 11) is 3.37. The second-order valence-electron chi connectivity index (χ2n) is 10.4. The zero-order valence-corrected chi connectivity index (χ0v) is 22.8. The van der Waals surface area contributed by atoms with Gasteiger partial charge in [-0.1, -0.05) is 31.2 Å². The quantitative estimate of drug-likeness (QED) is 0.584. The summed E-state index contributed by atoms with van der Waals surface area (Å²) in [6.45, 7) is 8.31. The van der Waals surface area contributed by atoms with Gasteiger partial charge in [-0.3, -0.25) is 9.80 Å². The van der Waals surface area contributed by atoms with E-state index >= 15 is 0 Å². The Morgan fingerprint density at radius 2 is 2.03 bits per heavy atom. The van der Waals surface area contributed by atoms with Gasteiger partial charge in [-0.15, -0.1) is 0 Å². The third-order valence-electron chi connectivity index (χ3n) is 8.54. The summed E-state index contributed by atoms with van der Waals surface area (Å²) in [4.78, 5) is 20.5. The molecular weight excluding hydrogens is 486 g/mol. The number of fused-ring (bicyclic) bond motifs is 4. The number of ether oxygens (including phenoxy) is 2. The zero-order chi connectivity index (χ0) is 25.7. The first kappa shape index (κ1) is 24.6. The molecule has 1 N–H and O–H groups in total. The minimum atomic E-state index is -0.276. The van der Waals surface area contributed by atoms with Crippen molar-refractivity contribution in [2.24, 2.45) is 4.40 Å². The van der Waals surface area contributed by atoms with Crippen molar-refractivity contribution in [3.05, 3.63) is 58.8 Å². The van der Waals surface area contributed by atoms with Crippen LogP contribution in [0, 0.1) is 0 Å². The van der Waals surface area contributed by atoms with E-state index in [1.54, 1.807) is 14.2 Å². The van der Waals surface area contributed by atoms with Crippen LogP contribution in [0.1, 0.15) is 43.7 Å². The highest BCUT2D eigenvalue weighted by Gasteiger charge is 2.55. The number of hydrogen-bond donors (Lipinski definition) is 1. The fourth-order valence-electron chi connectivity index (χ4n) is 6.72. The minimum absolute atomic E-state index is 0.107. The number of hydrogen-bond acceptors (Lipinski definition) is 7. The molecular formula is C28H35N5O3S. The van der Waals surface area contributed by atoms with Gasteiger partial charge in [0, 0.05) is 49.4 Å². The average molecular weight is 522 g/mol. The number of carbonyl (C=O) groups is 1. The monoisotopic (exact) mass is 521 g/mol. The lowest BCUT2D eigenvalue weighted by atomic mass is 9.81. The molecule has 4 aliphatic heterocycles. The molecule has 196 valence electrons. The van der Waals surface area contributed by atoms with E-state index in [-0.39, 0.29) is 23.5 Å². The lowest BCUT2D eigenvalue weighted by molar-refractivity contribution is 0.0973. The summed E-state index contributed by atoms with van der Waals surface area (Å²) in [5.74, 6) is 1.69. The van der Waals surface area contributed by atoms with Crippen LogP contribution in [0.2, 0.25) is 0 Å². The van der Waals surface area contributed by atoms with Crippen molar-refractivity contribution >= 4 is 23.9 Å². The summed E-state index contributed by atoms with van der Waals surface area (Å²) in [6.07, 6.45) is 10.6. The molecule has 9 heteroatoms. The Morgan fingerprint density at radius 3 is 2.76 bits per heavy atom. The third kappa shape index (κ3) is 3.90. The van der Waals surface area contributed by atoms with Crippen molar-refractivity contribution in [2.75, 3.05) is 40.4 Å². The summed E-state index contributed by atoms with van der Waals surface area (Å²) in [6, 6.07) is 4.32. The molecule has 2 saturated heterocycles. The number of amides is 2. The second kappa shape index (κ2) is 9.53. The largest absolute Gasteiger partial charge is 0.497 e. The molecule has 2 fully saturated rings. The maximum atomic E-state index is 13.8. The van der Waals surface area contributed by atoms with Crippen molar-refractivity contribution in [1.82, 2.24) is 19.4 Å². The standard InChI is InChI=1S/C28H35N5O3S/c1-5-33-27(34)32-17-20-14-21(35-3)15-23(36-4)25(20)18(2)13-24(32)28(33)9-11-31(12-10-28)16-19-7-6-8-22-26(19)30-37-29-22/h6-8,13-15,18,22,29H,5,9-12,16-17H2,1-4H3/t18-,22?/m0/s1. The molecule has 4 heterocycles. The maximum absolute atomic E-state index is 13.8. The number of methoxy groups -OCH3 is 2. The van der Waals surface area contributed by atoms with E-state index in [1.807, 2.05) is 11.0 Å². The molecule has 0 saturated carbocycles. The average Bonchev–Trinajstić information content (AvgIpc) is 3.43. The first-order valence-corrected chi connectivity index (χ1v) is 13.9. The van der Waals surface area contributed by atoms with Crippen LogP contribution in [-0.2, 0) is 6.54 Å². The number of carbonyl (C=O) groups excluding carboxylic acids is 1. The molecule has 1 unspecified atom stereocenters. The minimum Gasteiger partial charge on any atom is -0.497 e. The Bertz CT molecular complexity index is 1230. The number of urea groups is 1. The third-order valence-corrected chi connectivity index (χ3v) is 9.18. The van der Waals surface area contributed by atoms with Gasteiger partial charge < -0.3 is 14.4 Å². The van der Waals surface area contributed by atoms with Crippen molar-refractivity contribution in [3.63, 3.8) is 0 Å². The Labute approximate surface area is 223 Å². The highest BCUT2D eigenvalue weighted by molar-refractivity contribution is 7.96. The molecule has 0 bridgehead atoms. The van der Waals surface area contributed by atoms with Crippen molar-refractivity contribution in [1.29, 1.82) is 0 Å². The molecule has 2 amide bonds. The SMILES string of the molecule is CCN1C(=O)N2Cc3cc(OC)cc(OC)c3[C@@H](C)C=C2C12CCN(CC1=CC=CC3NSN=C13)CC2. The lowest BCUT2D eigenvalue weighted by Gasteiger charge is -2.44. The topological polar surface area (TPSA) is 69.6 Å². The molecule has 37 heavy (non-hydrogen) atoms. The van der Waals surface area contributed by atoms with Gasteiger partial charge >= 0.3 is 6.03 Å². The number of allylic oxidation sites excluding steroid dienone is 3. The molecule has 1 aromatic carbocycles. The summed E-state index contributed by atoms with van der Waals surface area (Å²) in [5.41, 5.74) is 5.55. The number of piperidine rings is 1. The van der Waals surface area contributed by atoms with E-state index in [1.165, 1.54) is 17.7 Å². The van der Waals surface area contributed by atoms with Gasteiger partial charge in [-0.05, 0) is 37.0 Å². The molecule has 1 aliphatic carbocycles. The van der Waals surface area contributed by atoms with Crippen LogP contribution in [0.5, 0.6) is 11.5 Å². The second-order valence-corrected chi connectivity index (χ2v) is 11.0. The number of nitrogens with one attached hydrogen (secondary N) is 1. The first-order valence-electron chi connectivity index (χ1n) is 13.1. The van der Waals surface area contributed by atoms with Gasteiger partial charge in [0.2, 0.25) is 0 Å². The Morgan fingerprint density at radius 1 is 1.22 bits per heavy atom. The zero-order valence-electron chi connectivity index (χ0n) is 22.0. The van der Waals surface area contributed by atoms with Crippen LogP contribution in [0.25, 0.3) is 0 Å². The molecule has 8 nitrogen and oxygen atoms in total. The van der Waals surface area contributed by atoms with E-state index in [2.05, 4.69) is 63.1 Å². The van der Waals surface area contributed by atoms with Crippen LogP contribution in [-0.4, -0.2) is 78.4 Å². The van der Waals surface area contributed by atoms with E-state index in [0.29, 0.717) is 13.1 Å². The Balaban J connectivity index is 1.29. The van der Waals surface area contributed by atoms with Crippen molar-refractivity contribution in [3.8, 4) is 11.5 Å². The molecule has 1 spiro atoms. The van der Waals surface area contributed by atoms with E-state index in [9.17, 15) is 4.79 Å². The molecule has 1 aromatic rings. The van der Waals surface area contributed by atoms with Gasteiger partial charge in [0.25, 0.3) is 0 Å². The Hall–Kier alpha value is -2.75. The summed E-state index contributed by atoms with van der Waals surface area (Å²) >= 11 is 1.43. The van der Waals surface area contributed by atoms with Crippen LogP contribution < -0.4 is 14.2 Å². The molecule has 0 aromatic heterocycles. The van der Waals surface area contributed by atoms with Crippen molar-refractivity contribution < 1.29 is 14.3 Å². The van der Waals surface area contributed by atoms with Crippen LogP contribution in [0.4, 0.5) is 4.79 Å². The fourth-order valence-corrected chi connectivity index (χ4v) is 7.41. The molecule has 5 aliphatic rings. The van der Waals surface area contributed by atoms with Gasteiger partial charge in [-0.2, -0.15) is 0 Å². The summed E-state index contributed by atoms with van der Waals surface area (Å²) < 4.78 is 19.3. The van der Waals surface area contributed by atoms with E-state index in [0.717, 1.165) is 66.5 Å². The van der Waals surface area contributed by atoms with Crippen LogP contribution in [0.3, 0.4) is 0 Å². The van der Waals surface area contributed by atoms with Gasteiger partial charge in [0.05, 0.1) is 50.2 Å². The smallest absolute Gasteiger partial charge is 0.325 e. The Kier molecular flexibility index (Phi) is 6.33. The van der Waals surface area contributed by atoms with Crippen LogP contribution in [0.15, 0.2) is 52.1 Å². The van der Waals surface area contributed by atoms with E-state index < -0.39 is 0 Å². The van der Waals surface area contributed by atoms with Gasteiger partial charge in [0.15, 0.2) is 0 Å². The predicted octanol–water partition coefficient (Wildman–Crippen LogP) is 4.27. The molecule has 6 rings (SSSR count). The number of nitrogens with zero attached hydrogens (tertiary/aromatic N) is 4. The highest BCUT2D eigenvalue weighted by Crippen LogP contribution is 2.49. The molecule has 0 radical (unpaired) electrons. The number of rotatable bonds is 5. The number of benzene rings is 1. The van der Waals surface area contributed by atoms with E-state index in [4.69, 9.17) is 9.47 Å². The van der Waals surface area contributed by atoms with Crippen LogP contribution >= 0.6 is 12.1 Å². The number of likely N-dealkylation sites (N-methyl/N-ethyl adjacent to an activating group) is 1. The fraction of sp³-hybridized carbons (Fsp3) is 0.500. The van der Waals surface area contributed by atoms with Gasteiger partial charge in [0.1, 0.15) is 11.5 Å². The van der Waals surface area contributed by atoms with Crippen molar-refractivity contribution in [2.45, 2.75) is 50.7 Å². The summed E-state index contributed by atoms with van der Waals surface area (Å²) in [5, 5.41) is 0. The maximum Gasteiger partial charge on any atom is 0.325 e.